The average molecular weight is 265 g/mol. The second-order valence-electron chi connectivity index (χ2n) is 4.77. The van der Waals surface area contributed by atoms with Crippen LogP contribution in [-0.2, 0) is 11.8 Å². The van der Waals surface area contributed by atoms with E-state index in [9.17, 15) is 0 Å². The minimum Gasteiger partial charge on any atom is -0.379 e. The van der Waals surface area contributed by atoms with E-state index in [2.05, 4.69) is 29.1 Å². The van der Waals surface area contributed by atoms with E-state index < -0.39 is 0 Å². The van der Waals surface area contributed by atoms with Crippen LogP contribution in [0.15, 0.2) is 24.3 Å². The first-order chi connectivity index (χ1) is 8.75. The standard InChI is InChI=1S/C14H17ClN2O/c1-17-13-8-11(15)4-3-10(13)7-14(17)12-9-18-6-2-5-16-12/h3-4,7-8,12,16H,2,5-6,9H2,1H3. The zero-order valence-electron chi connectivity index (χ0n) is 10.4. The molecule has 1 atom stereocenters. The van der Waals surface area contributed by atoms with E-state index in [-0.39, 0.29) is 6.04 Å². The van der Waals surface area contributed by atoms with Crippen molar-refractivity contribution in [2.45, 2.75) is 12.5 Å². The summed E-state index contributed by atoms with van der Waals surface area (Å²) < 4.78 is 7.84. The van der Waals surface area contributed by atoms with Gasteiger partial charge in [0.2, 0.25) is 0 Å². The van der Waals surface area contributed by atoms with Crippen molar-refractivity contribution in [3.05, 3.63) is 35.0 Å². The summed E-state index contributed by atoms with van der Waals surface area (Å²) in [5.74, 6) is 0. The third-order valence-corrected chi connectivity index (χ3v) is 3.78. The third kappa shape index (κ3) is 2.14. The summed E-state index contributed by atoms with van der Waals surface area (Å²) in [6.07, 6.45) is 1.08. The highest BCUT2D eigenvalue weighted by Crippen LogP contribution is 2.26. The first kappa shape index (κ1) is 12.0. The number of ether oxygens (including phenoxy) is 1. The third-order valence-electron chi connectivity index (χ3n) is 3.54. The Labute approximate surface area is 112 Å². The normalized spacial score (nSPS) is 21.1. The molecule has 2 heterocycles. The highest BCUT2D eigenvalue weighted by Gasteiger charge is 2.18. The molecule has 1 N–H and O–H groups in total. The summed E-state index contributed by atoms with van der Waals surface area (Å²) in [5.41, 5.74) is 2.43. The smallest absolute Gasteiger partial charge is 0.0712 e. The molecule has 1 unspecified atom stereocenters. The summed E-state index contributed by atoms with van der Waals surface area (Å²) >= 11 is 6.06. The van der Waals surface area contributed by atoms with E-state index >= 15 is 0 Å². The summed E-state index contributed by atoms with van der Waals surface area (Å²) in [5, 5.41) is 5.54. The fraction of sp³-hybridized carbons (Fsp3) is 0.429. The summed E-state index contributed by atoms with van der Waals surface area (Å²) in [4.78, 5) is 0. The molecule has 2 aromatic rings. The maximum Gasteiger partial charge on any atom is 0.0712 e. The lowest BCUT2D eigenvalue weighted by Crippen LogP contribution is -2.25. The Hall–Kier alpha value is -1.03. The topological polar surface area (TPSA) is 26.2 Å². The largest absolute Gasteiger partial charge is 0.379 e. The number of halogens is 1. The van der Waals surface area contributed by atoms with Gasteiger partial charge in [-0.25, -0.2) is 0 Å². The van der Waals surface area contributed by atoms with Crippen molar-refractivity contribution in [1.82, 2.24) is 9.88 Å². The molecule has 3 nitrogen and oxygen atoms in total. The highest BCUT2D eigenvalue weighted by molar-refractivity contribution is 6.31. The van der Waals surface area contributed by atoms with Gasteiger partial charge in [0, 0.05) is 35.3 Å². The molecule has 1 aliphatic rings. The number of fused-ring (bicyclic) bond motifs is 1. The quantitative estimate of drug-likeness (QED) is 0.857. The van der Waals surface area contributed by atoms with Crippen LogP contribution in [0.5, 0.6) is 0 Å². The molecule has 0 radical (unpaired) electrons. The van der Waals surface area contributed by atoms with E-state index in [0.29, 0.717) is 0 Å². The monoisotopic (exact) mass is 264 g/mol. The van der Waals surface area contributed by atoms with Crippen LogP contribution >= 0.6 is 11.6 Å². The number of hydrogen-bond acceptors (Lipinski definition) is 2. The molecule has 18 heavy (non-hydrogen) atoms. The summed E-state index contributed by atoms with van der Waals surface area (Å²) in [6.45, 7) is 2.59. The fourth-order valence-electron chi connectivity index (χ4n) is 2.56. The van der Waals surface area contributed by atoms with Gasteiger partial charge in [0.05, 0.1) is 12.6 Å². The molecule has 96 valence electrons. The lowest BCUT2D eigenvalue weighted by atomic mass is 10.2. The lowest BCUT2D eigenvalue weighted by molar-refractivity contribution is 0.130. The van der Waals surface area contributed by atoms with Gasteiger partial charge in [0.25, 0.3) is 0 Å². The van der Waals surface area contributed by atoms with Crippen LogP contribution < -0.4 is 5.32 Å². The molecule has 0 bridgehead atoms. The van der Waals surface area contributed by atoms with Gasteiger partial charge in [-0.3, -0.25) is 0 Å². The Balaban J connectivity index is 2.03. The molecular weight excluding hydrogens is 248 g/mol. The van der Waals surface area contributed by atoms with Crippen LogP contribution in [0.2, 0.25) is 5.02 Å². The van der Waals surface area contributed by atoms with Gasteiger partial charge in [-0.1, -0.05) is 17.7 Å². The van der Waals surface area contributed by atoms with E-state index in [1.165, 1.54) is 16.6 Å². The molecule has 0 spiro atoms. The van der Waals surface area contributed by atoms with Crippen molar-refractivity contribution in [3.8, 4) is 0 Å². The van der Waals surface area contributed by atoms with Gasteiger partial charge in [0.1, 0.15) is 0 Å². The zero-order valence-corrected chi connectivity index (χ0v) is 11.2. The van der Waals surface area contributed by atoms with E-state index in [1.807, 2.05) is 12.1 Å². The van der Waals surface area contributed by atoms with E-state index in [1.54, 1.807) is 0 Å². The van der Waals surface area contributed by atoms with E-state index in [0.717, 1.165) is 31.2 Å². The van der Waals surface area contributed by atoms with Crippen molar-refractivity contribution < 1.29 is 4.74 Å². The Bertz CT molecular complexity index is 556. The van der Waals surface area contributed by atoms with Crippen molar-refractivity contribution in [2.24, 2.45) is 7.05 Å². The molecule has 1 saturated heterocycles. The van der Waals surface area contributed by atoms with Gasteiger partial charge in [0.15, 0.2) is 0 Å². The Morgan fingerprint density at radius 2 is 2.28 bits per heavy atom. The van der Waals surface area contributed by atoms with Crippen LogP contribution in [0.25, 0.3) is 10.9 Å². The van der Waals surface area contributed by atoms with Crippen molar-refractivity contribution in [3.63, 3.8) is 0 Å². The molecule has 0 saturated carbocycles. The molecule has 0 amide bonds. The maximum absolute atomic E-state index is 6.06. The minimum absolute atomic E-state index is 0.267. The van der Waals surface area contributed by atoms with Crippen molar-refractivity contribution >= 4 is 22.5 Å². The number of aromatic nitrogens is 1. The van der Waals surface area contributed by atoms with Gasteiger partial charge >= 0.3 is 0 Å². The first-order valence-corrected chi connectivity index (χ1v) is 6.69. The highest BCUT2D eigenvalue weighted by atomic mass is 35.5. The van der Waals surface area contributed by atoms with Crippen LogP contribution in [-0.4, -0.2) is 24.3 Å². The number of aryl methyl sites for hydroxylation is 1. The molecule has 1 aromatic carbocycles. The SMILES string of the molecule is Cn1c(C2COCCCN2)cc2ccc(Cl)cc21. The second kappa shape index (κ2) is 4.92. The van der Waals surface area contributed by atoms with Gasteiger partial charge in [-0.15, -0.1) is 0 Å². The predicted octanol–water partition coefficient (Wildman–Crippen LogP) is 2.88. The van der Waals surface area contributed by atoms with Gasteiger partial charge in [-0.2, -0.15) is 0 Å². The molecule has 3 rings (SSSR count). The lowest BCUT2D eigenvalue weighted by Gasteiger charge is -2.16. The van der Waals surface area contributed by atoms with Crippen LogP contribution in [0.1, 0.15) is 18.2 Å². The molecule has 1 aromatic heterocycles. The molecule has 1 fully saturated rings. The van der Waals surface area contributed by atoms with Gasteiger partial charge in [-0.05, 0) is 31.2 Å². The number of rotatable bonds is 1. The number of hydrogen-bond donors (Lipinski definition) is 1. The van der Waals surface area contributed by atoms with Crippen molar-refractivity contribution in [2.75, 3.05) is 19.8 Å². The molecule has 0 aliphatic carbocycles. The Morgan fingerprint density at radius 3 is 3.17 bits per heavy atom. The summed E-state index contributed by atoms with van der Waals surface area (Å²) in [6, 6.07) is 8.50. The maximum atomic E-state index is 6.06. The first-order valence-electron chi connectivity index (χ1n) is 6.32. The van der Waals surface area contributed by atoms with Crippen LogP contribution in [0.4, 0.5) is 0 Å². The molecule has 1 aliphatic heterocycles. The Kier molecular flexibility index (Phi) is 3.29. The van der Waals surface area contributed by atoms with Crippen LogP contribution in [0, 0.1) is 0 Å². The number of nitrogens with one attached hydrogen (secondary N) is 1. The molecule has 4 heteroatoms. The number of benzene rings is 1. The second-order valence-corrected chi connectivity index (χ2v) is 5.20. The van der Waals surface area contributed by atoms with Crippen molar-refractivity contribution in [1.29, 1.82) is 0 Å². The zero-order chi connectivity index (χ0) is 12.5. The van der Waals surface area contributed by atoms with Crippen LogP contribution in [0.3, 0.4) is 0 Å². The van der Waals surface area contributed by atoms with E-state index in [4.69, 9.17) is 16.3 Å². The number of nitrogens with zero attached hydrogens (tertiary/aromatic N) is 1. The minimum atomic E-state index is 0.267. The average Bonchev–Trinajstić information content (AvgIpc) is 2.59. The van der Waals surface area contributed by atoms with Gasteiger partial charge < -0.3 is 14.6 Å². The summed E-state index contributed by atoms with van der Waals surface area (Å²) in [7, 11) is 2.08. The Morgan fingerprint density at radius 1 is 1.39 bits per heavy atom. The molecular formula is C14H17ClN2O. The fourth-order valence-corrected chi connectivity index (χ4v) is 2.73. The predicted molar refractivity (Wildman–Crippen MR) is 74.1 cm³/mol.